The molecule has 0 spiro atoms. The summed E-state index contributed by atoms with van der Waals surface area (Å²) in [7, 11) is -1.97. The number of aryl methyl sites for hydroxylation is 1. The number of carbonyl (C=O) groups excluding carboxylic acids is 1. The molecule has 3 heterocycles. The number of piperidine rings is 1. The Morgan fingerprint density at radius 1 is 1.00 bits per heavy atom. The van der Waals surface area contributed by atoms with Crippen LogP contribution in [-0.2, 0) is 28.2 Å². The van der Waals surface area contributed by atoms with Gasteiger partial charge < -0.3 is 10.6 Å². The van der Waals surface area contributed by atoms with E-state index in [-0.39, 0.29) is 27.3 Å². The molecule has 2 aliphatic heterocycles. The minimum atomic E-state index is -3.72. The third-order valence-electron chi connectivity index (χ3n) is 10.2. The van der Waals surface area contributed by atoms with E-state index in [2.05, 4.69) is 21.0 Å². The smallest absolute Gasteiger partial charge is 0.237 e. The van der Waals surface area contributed by atoms with Crippen LogP contribution in [-0.4, -0.2) is 48.8 Å². The highest BCUT2D eigenvalue weighted by molar-refractivity contribution is 7.91. The number of benzene rings is 2. The normalized spacial score (nSPS) is 26.1. The zero-order chi connectivity index (χ0) is 29.2. The SMILES string of the molecule is Cn1ncc2cccc(S(=O)(=O)c3ccc(CNC(=O)C4CC5CNCCC5(C5CCCCCCCCC5)N4)cc3)c21. The molecule has 3 fully saturated rings. The van der Waals surface area contributed by atoms with E-state index in [0.717, 1.165) is 36.9 Å². The maximum absolute atomic E-state index is 13.5. The Kier molecular flexibility index (Phi) is 8.70. The van der Waals surface area contributed by atoms with E-state index < -0.39 is 9.84 Å². The molecule has 3 aromatic rings. The number of para-hydroxylation sites is 1. The fraction of sp³-hybridized carbons (Fsp3) is 0.576. The average molecular weight is 592 g/mol. The molecule has 226 valence electrons. The molecule has 0 radical (unpaired) electrons. The van der Waals surface area contributed by atoms with Gasteiger partial charge in [-0.2, -0.15) is 5.10 Å². The molecule has 3 N–H and O–H groups in total. The molecule has 9 heteroatoms. The van der Waals surface area contributed by atoms with E-state index in [1.54, 1.807) is 54.3 Å². The van der Waals surface area contributed by atoms with Gasteiger partial charge in [-0.05, 0) is 74.4 Å². The highest BCUT2D eigenvalue weighted by Crippen LogP contribution is 2.45. The summed E-state index contributed by atoms with van der Waals surface area (Å²) in [6.07, 6.45) is 15.5. The topological polar surface area (TPSA) is 105 Å². The molecule has 0 bridgehead atoms. The Labute approximate surface area is 249 Å². The lowest BCUT2D eigenvalue weighted by Gasteiger charge is -2.46. The van der Waals surface area contributed by atoms with Crippen molar-refractivity contribution >= 4 is 26.6 Å². The number of nitrogens with one attached hydrogen (secondary N) is 3. The quantitative estimate of drug-likeness (QED) is 0.378. The lowest BCUT2D eigenvalue weighted by Crippen LogP contribution is -2.60. The molecule has 3 atom stereocenters. The Balaban J connectivity index is 1.11. The summed E-state index contributed by atoms with van der Waals surface area (Å²) >= 11 is 0. The number of fused-ring (bicyclic) bond motifs is 2. The van der Waals surface area contributed by atoms with Gasteiger partial charge in [-0.1, -0.05) is 69.2 Å². The molecule has 1 aliphatic carbocycles. The van der Waals surface area contributed by atoms with Crippen LogP contribution in [0.15, 0.2) is 58.5 Å². The van der Waals surface area contributed by atoms with E-state index in [9.17, 15) is 13.2 Å². The second-order valence-corrected chi connectivity index (χ2v) is 14.6. The molecule has 2 aromatic carbocycles. The Morgan fingerprint density at radius 3 is 2.45 bits per heavy atom. The zero-order valence-corrected chi connectivity index (χ0v) is 25.6. The summed E-state index contributed by atoms with van der Waals surface area (Å²) < 4.78 is 28.6. The Morgan fingerprint density at radius 2 is 1.71 bits per heavy atom. The largest absolute Gasteiger partial charge is 0.351 e. The Hall–Kier alpha value is -2.75. The Bertz CT molecular complexity index is 1490. The number of aromatic nitrogens is 2. The lowest BCUT2D eigenvalue weighted by atomic mass is 9.67. The first-order valence-electron chi connectivity index (χ1n) is 15.9. The minimum Gasteiger partial charge on any atom is -0.351 e. The third kappa shape index (κ3) is 5.75. The molecule has 2 saturated heterocycles. The van der Waals surface area contributed by atoms with Crippen molar-refractivity contribution in [2.24, 2.45) is 18.9 Å². The van der Waals surface area contributed by atoms with Gasteiger partial charge >= 0.3 is 0 Å². The summed E-state index contributed by atoms with van der Waals surface area (Å²) in [5.74, 6) is 1.15. The number of amides is 1. The number of sulfone groups is 1. The first kappa shape index (κ1) is 29.3. The second kappa shape index (κ2) is 12.5. The van der Waals surface area contributed by atoms with Crippen molar-refractivity contribution in [1.29, 1.82) is 0 Å². The van der Waals surface area contributed by atoms with Crippen LogP contribution in [0.25, 0.3) is 10.9 Å². The zero-order valence-electron chi connectivity index (χ0n) is 24.8. The maximum atomic E-state index is 13.5. The summed E-state index contributed by atoms with van der Waals surface area (Å²) in [5, 5.41) is 15.7. The van der Waals surface area contributed by atoms with Crippen LogP contribution in [0.1, 0.15) is 76.2 Å². The van der Waals surface area contributed by atoms with Crippen LogP contribution in [0.5, 0.6) is 0 Å². The average Bonchev–Trinajstić information content (AvgIpc) is 3.60. The van der Waals surface area contributed by atoms with Crippen molar-refractivity contribution in [1.82, 2.24) is 25.7 Å². The van der Waals surface area contributed by atoms with Crippen LogP contribution < -0.4 is 16.0 Å². The van der Waals surface area contributed by atoms with E-state index in [1.165, 1.54) is 57.8 Å². The highest BCUT2D eigenvalue weighted by Gasteiger charge is 2.53. The van der Waals surface area contributed by atoms with Crippen molar-refractivity contribution in [3.8, 4) is 0 Å². The van der Waals surface area contributed by atoms with Crippen LogP contribution in [0.2, 0.25) is 0 Å². The first-order valence-corrected chi connectivity index (χ1v) is 17.4. The molecule has 42 heavy (non-hydrogen) atoms. The van der Waals surface area contributed by atoms with E-state index in [1.807, 2.05) is 6.07 Å². The van der Waals surface area contributed by atoms with Gasteiger partial charge in [0.15, 0.2) is 0 Å². The molecule has 8 nitrogen and oxygen atoms in total. The van der Waals surface area contributed by atoms with Crippen molar-refractivity contribution in [2.75, 3.05) is 13.1 Å². The number of rotatable bonds is 6. The fourth-order valence-corrected chi connectivity index (χ4v) is 9.41. The molecular weight excluding hydrogens is 546 g/mol. The van der Waals surface area contributed by atoms with Crippen molar-refractivity contribution in [3.63, 3.8) is 0 Å². The van der Waals surface area contributed by atoms with Gasteiger partial charge in [0.2, 0.25) is 15.7 Å². The van der Waals surface area contributed by atoms with Crippen LogP contribution >= 0.6 is 0 Å². The predicted octanol–water partition coefficient (Wildman–Crippen LogP) is 4.87. The molecule has 3 aliphatic rings. The summed E-state index contributed by atoms with van der Waals surface area (Å²) in [6.45, 7) is 2.36. The summed E-state index contributed by atoms with van der Waals surface area (Å²) in [4.78, 5) is 13.9. The van der Waals surface area contributed by atoms with Crippen molar-refractivity contribution in [2.45, 2.75) is 98.5 Å². The monoisotopic (exact) mass is 591 g/mol. The third-order valence-corrected chi connectivity index (χ3v) is 12.0. The number of hydrogen-bond acceptors (Lipinski definition) is 6. The maximum Gasteiger partial charge on any atom is 0.237 e. The standard InChI is InChI=1S/C33H45N5O3S/c1-38-31-25(22-36-38)10-9-13-30(31)42(40,41)28-16-14-24(15-17-28)21-35-32(39)29-20-27-23-34-19-18-33(27,37-29)26-11-7-5-3-2-4-6-8-12-26/h9-10,13-17,22,26-27,29,34,37H,2-8,11-12,18-21,23H2,1H3,(H,35,39). The van der Waals surface area contributed by atoms with Crippen LogP contribution in [0, 0.1) is 11.8 Å². The molecule has 1 aromatic heterocycles. The number of carbonyl (C=O) groups is 1. The van der Waals surface area contributed by atoms with Crippen molar-refractivity contribution in [3.05, 3.63) is 54.2 Å². The highest BCUT2D eigenvalue weighted by atomic mass is 32.2. The second-order valence-electron chi connectivity index (χ2n) is 12.7. The van der Waals surface area contributed by atoms with Gasteiger partial charge in [-0.25, -0.2) is 8.42 Å². The number of nitrogens with zero attached hydrogens (tertiary/aromatic N) is 2. The van der Waals surface area contributed by atoms with Crippen LogP contribution in [0.4, 0.5) is 0 Å². The minimum absolute atomic E-state index is 0.0447. The van der Waals surface area contributed by atoms with Gasteiger partial charge in [0.05, 0.1) is 27.5 Å². The molecular formula is C33H45N5O3S. The lowest BCUT2D eigenvalue weighted by molar-refractivity contribution is -0.123. The molecule has 3 unspecified atom stereocenters. The van der Waals surface area contributed by atoms with E-state index in [4.69, 9.17) is 0 Å². The van der Waals surface area contributed by atoms with Gasteiger partial charge in [-0.3, -0.25) is 14.8 Å². The van der Waals surface area contributed by atoms with Gasteiger partial charge in [0.1, 0.15) is 0 Å². The first-order chi connectivity index (χ1) is 20.4. The predicted molar refractivity (Wildman–Crippen MR) is 165 cm³/mol. The van der Waals surface area contributed by atoms with Crippen molar-refractivity contribution < 1.29 is 13.2 Å². The molecule has 6 rings (SSSR count). The summed E-state index contributed by atoms with van der Waals surface area (Å²) in [5.41, 5.74) is 1.52. The molecule has 1 amide bonds. The molecule has 1 saturated carbocycles. The van der Waals surface area contributed by atoms with E-state index >= 15 is 0 Å². The van der Waals surface area contributed by atoms with Gasteiger partial charge in [-0.15, -0.1) is 0 Å². The van der Waals surface area contributed by atoms with Gasteiger partial charge in [0, 0.05) is 24.5 Å². The van der Waals surface area contributed by atoms with Gasteiger partial charge in [0.25, 0.3) is 0 Å². The summed E-state index contributed by atoms with van der Waals surface area (Å²) in [6, 6.07) is 11.9. The van der Waals surface area contributed by atoms with Crippen LogP contribution in [0.3, 0.4) is 0 Å². The fourth-order valence-electron chi connectivity index (χ4n) is 7.90. The number of hydrogen-bond donors (Lipinski definition) is 3. The van der Waals surface area contributed by atoms with E-state index in [0.29, 0.717) is 23.9 Å².